The van der Waals surface area contributed by atoms with Gasteiger partial charge in [-0.15, -0.1) is 0 Å². The number of nitrogens with zero attached hydrogens (tertiary/aromatic N) is 1. The van der Waals surface area contributed by atoms with Crippen LogP contribution in [0.15, 0.2) is 48.5 Å². The van der Waals surface area contributed by atoms with E-state index >= 15 is 0 Å². The van der Waals surface area contributed by atoms with E-state index in [2.05, 4.69) is 5.32 Å². The summed E-state index contributed by atoms with van der Waals surface area (Å²) in [6, 6.07) is 14.3. The van der Waals surface area contributed by atoms with Crippen LogP contribution in [0, 0.1) is 5.92 Å². The van der Waals surface area contributed by atoms with Gasteiger partial charge in [0.15, 0.2) is 5.78 Å². The fraction of sp³-hybridized carbons (Fsp3) is 0.348. The largest absolute Gasteiger partial charge is 0.397 e. The molecule has 1 aliphatic rings. The van der Waals surface area contributed by atoms with Crippen molar-refractivity contribution in [1.82, 2.24) is 4.90 Å². The average Bonchev–Trinajstić information content (AvgIpc) is 2.73. The first-order valence-corrected chi connectivity index (χ1v) is 9.98. The first-order valence-electron chi connectivity index (χ1n) is 9.98. The third kappa shape index (κ3) is 5.44. The quantitative estimate of drug-likeness (QED) is 0.577. The second kappa shape index (κ2) is 9.37. The molecule has 152 valence electrons. The molecular formula is C23H27N3O3. The summed E-state index contributed by atoms with van der Waals surface area (Å²) in [6.07, 6.45) is 3.08. The maximum Gasteiger partial charge on any atom is 0.253 e. The molecule has 1 fully saturated rings. The van der Waals surface area contributed by atoms with Crippen LogP contribution in [0.2, 0.25) is 0 Å². The summed E-state index contributed by atoms with van der Waals surface area (Å²) < 4.78 is 0. The Morgan fingerprint density at radius 1 is 1.03 bits per heavy atom. The van der Waals surface area contributed by atoms with E-state index in [0.717, 1.165) is 37.9 Å². The summed E-state index contributed by atoms with van der Waals surface area (Å²) >= 11 is 0. The van der Waals surface area contributed by atoms with Gasteiger partial charge in [-0.25, -0.2) is 0 Å². The monoisotopic (exact) mass is 393 g/mol. The molecule has 3 N–H and O–H groups in total. The first-order chi connectivity index (χ1) is 13.9. The van der Waals surface area contributed by atoms with E-state index < -0.39 is 0 Å². The molecular weight excluding hydrogens is 366 g/mol. The van der Waals surface area contributed by atoms with E-state index in [1.807, 2.05) is 35.2 Å². The van der Waals surface area contributed by atoms with Gasteiger partial charge in [-0.3, -0.25) is 14.4 Å². The SMILES string of the molecule is CC(=O)Nc1ccc(C(=O)CCC2CCN(C(=O)c3ccccc3)CC2)cc1N. The van der Waals surface area contributed by atoms with Crippen LogP contribution in [0.5, 0.6) is 0 Å². The lowest BCUT2D eigenvalue weighted by atomic mass is 9.90. The number of rotatable bonds is 6. The number of hydrogen-bond donors (Lipinski definition) is 2. The molecule has 0 aromatic heterocycles. The van der Waals surface area contributed by atoms with E-state index in [4.69, 9.17) is 5.73 Å². The van der Waals surface area contributed by atoms with Crippen molar-refractivity contribution in [2.75, 3.05) is 24.1 Å². The number of amides is 2. The molecule has 0 spiro atoms. The van der Waals surface area contributed by atoms with Gasteiger partial charge in [0.2, 0.25) is 5.91 Å². The zero-order valence-electron chi connectivity index (χ0n) is 16.7. The predicted molar refractivity (Wildman–Crippen MR) is 114 cm³/mol. The van der Waals surface area contributed by atoms with E-state index in [1.165, 1.54) is 6.92 Å². The highest BCUT2D eigenvalue weighted by Crippen LogP contribution is 2.25. The van der Waals surface area contributed by atoms with Crippen LogP contribution >= 0.6 is 0 Å². The maximum atomic E-state index is 12.5. The lowest BCUT2D eigenvalue weighted by Gasteiger charge is -2.32. The minimum atomic E-state index is -0.201. The van der Waals surface area contributed by atoms with Crippen LogP contribution in [0.4, 0.5) is 11.4 Å². The molecule has 0 saturated carbocycles. The number of anilines is 2. The normalized spacial score (nSPS) is 14.4. The Morgan fingerprint density at radius 3 is 2.34 bits per heavy atom. The number of piperidine rings is 1. The average molecular weight is 393 g/mol. The number of hydrogen-bond acceptors (Lipinski definition) is 4. The topological polar surface area (TPSA) is 92.5 Å². The number of nitrogens with two attached hydrogens (primary N) is 1. The molecule has 2 amide bonds. The highest BCUT2D eigenvalue weighted by Gasteiger charge is 2.24. The first kappa shape index (κ1) is 20.6. The van der Waals surface area contributed by atoms with Crippen LogP contribution in [0.3, 0.4) is 0 Å². The smallest absolute Gasteiger partial charge is 0.253 e. The fourth-order valence-corrected chi connectivity index (χ4v) is 3.71. The number of likely N-dealkylation sites (tertiary alicyclic amines) is 1. The van der Waals surface area contributed by atoms with Gasteiger partial charge in [0, 0.05) is 37.6 Å². The summed E-state index contributed by atoms with van der Waals surface area (Å²) in [5.74, 6) is 0.367. The van der Waals surface area contributed by atoms with Gasteiger partial charge in [0.25, 0.3) is 5.91 Å². The number of nitrogen functional groups attached to an aromatic ring is 1. The van der Waals surface area contributed by atoms with Crippen molar-refractivity contribution < 1.29 is 14.4 Å². The molecule has 6 heteroatoms. The Morgan fingerprint density at radius 2 is 1.72 bits per heavy atom. The van der Waals surface area contributed by atoms with Crippen molar-refractivity contribution in [3.63, 3.8) is 0 Å². The number of Topliss-reactive ketones (excluding diaryl/α,β-unsaturated/α-hetero) is 1. The van der Waals surface area contributed by atoms with Crippen molar-refractivity contribution in [3.05, 3.63) is 59.7 Å². The molecule has 6 nitrogen and oxygen atoms in total. The maximum absolute atomic E-state index is 12.5. The molecule has 0 unspecified atom stereocenters. The van der Waals surface area contributed by atoms with E-state index in [1.54, 1.807) is 18.2 Å². The van der Waals surface area contributed by atoms with Crippen molar-refractivity contribution in [2.24, 2.45) is 5.92 Å². The van der Waals surface area contributed by atoms with Crippen LogP contribution < -0.4 is 11.1 Å². The van der Waals surface area contributed by atoms with Gasteiger partial charge in [0.1, 0.15) is 0 Å². The second-order valence-electron chi connectivity index (χ2n) is 7.55. The van der Waals surface area contributed by atoms with Crippen LogP contribution in [0.25, 0.3) is 0 Å². The van der Waals surface area contributed by atoms with Crippen LogP contribution in [-0.2, 0) is 4.79 Å². The summed E-state index contributed by atoms with van der Waals surface area (Å²) in [5.41, 5.74) is 8.13. The van der Waals surface area contributed by atoms with Gasteiger partial charge in [-0.05, 0) is 55.5 Å². The molecule has 0 bridgehead atoms. The minimum Gasteiger partial charge on any atom is -0.397 e. The predicted octanol–water partition coefficient (Wildman–Crippen LogP) is 3.74. The van der Waals surface area contributed by atoms with Gasteiger partial charge < -0.3 is 16.0 Å². The van der Waals surface area contributed by atoms with Crippen LogP contribution in [-0.4, -0.2) is 35.6 Å². The molecule has 2 aromatic rings. The fourth-order valence-electron chi connectivity index (χ4n) is 3.71. The van der Waals surface area contributed by atoms with Crippen molar-refractivity contribution in [1.29, 1.82) is 0 Å². The molecule has 1 heterocycles. The van der Waals surface area contributed by atoms with Crippen molar-refractivity contribution >= 4 is 29.0 Å². The standard InChI is InChI=1S/C23H27N3O3/c1-16(27)25-21-9-8-19(15-20(21)24)22(28)10-7-17-11-13-26(14-12-17)23(29)18-5-3-2-4-6-18/h2-6,8-9,15,17H,7,10-14,24H2,1H3,(H,25,27). The van der Waals surface area contributed by atoms with Gasteiger partial charge >= 0.3 is 0 Å². The number of nitrogens with one attached hydrogen (secondary N) is 1. The summed E-state index contributed by atoms with van der Waals surface area (Å²) in [5, 5.41) is 2.64. The second-order valence-corrected chi connectivity index (χ2v) is 7.55. The Hall–Kier alpha value is -3.15. The summed E-state index contributed by atoms with van der Waals surface area (Å²) in [7, 11) is 0. The Kier molecular flexibility index (Phi) is 6.65. The lowest BCUT2D eigenvalue weighted by Crippen LogP contribution is -2.38. The Balaban J connectivity index is 1.48. The number of carbonyl (C=O) groups excluding carboxylic acids is 3. The van der Waals surface area contributed by atoms with E-state index in [0.29, 0.717) is 29.3 Å². The number of ketones is 1. The third-order valence-corrected chi connectivity index (χ3v) is 5.39. The molecule has 0 atom stereocenters. The van der Waals surface area contributed by atoms with E-state index in [9.17, 15) is 14.4 Å². The van der Waals surface area contributed by atoms with Gasteiger partial charge in [-0.1, -0.05) is 18.2 Å². The van der Waals surface area contributed by atoms with Gasteiger partial charge in [0.05, 0.1) is 11.4 Å². The molecule has 1 saturated heterocycles. The zero-order valence-corrected chi connectivity index (χ0v) is 16.7. The highest BCUT2D eigenvalue weighted by atomic mass is 16.2. The number of benzene rings is 2. The molecule has 3 rings (SSSR count). The molecule has 29 heavy (non-hydrogen) atoms. The summed E-state index contributed by atoms with van der Waals surface area (Å²) in [4.78, 5) is 38.1. The van der Waals surface area contributed by atoms with Crippen molar-refractivity contribution in [2.45, 2.75) is 32.6 Å². The Labute approximate surface area is 171 Å². The lowest BCUT2D eigenvalue weighted by molar-refractivity contribution is -0.114. The summed E-state index contributed by atoms with van der Waals surface area (Å²) in [6.45, 7) is 2.87. The van der Waals surface area contributed by atoms with Gasteiger partial charge in [-0.2, -0.15) is 0 Å². The third-order valence-electron chi connectivity index (χ3n) is 5.39. The molecule has 0 radical (unpaired) electrons. The molecule has 2 aromatic carbocycles. The van der Waals surface area contributed by atoms with Crippen LogP contribution in [0.1, 0.15) is 53.3 Å². The number of carbonyl (C=O) groups is 3. The van der Waals surface area contributed by atoms with E-state index in [-0.39, 0.29) is 17.6 Å². The highest BCUT2D eigenvalue weighted by molar-refractivity contribution is 5.99. The molecule has 0 aliphatic carbocycles. The molecule has 1 aliphatic heterocycles. The minimum absolute atomic E-state index is 0.0499. The van der Waals surface area contributed by atoms with Crippen molar-refractivity contribution in [3.8, 4) is 0 Å². The zero-order chi connectivity index (χ0) is 20.8. The Bertz CT molecular complexity index is 887.